The molecular formula is C12H25F3N2. The smallest absolute Gasteiger partial charge is 0.316 e. The molecule has 0 spiro atoms. The van der Waals surface area contributed by atoms with E-state index in [1.807, 2.05) is 6.92 Å². The first-order chi connectivity index (χ1) is 7.72. The van der Waals surface area contributed by atoms with Gasteiger partial charge in [-0.2, -0.15) is 13.2 Å². The lowest BCUT2D eigenvalue weighted by atomic mass is 10.2. The Kier molecular flexibility index (Phi) is 7.79. The van der Waals surface area contributed by atoms with Gasteiger partial charge in [0.25, 0.3) is 0 Å². The summed E-state index contributed by atoms with van der Waals surface area (Å²) < 4.78 is 36.1. The highest BCUT2D eigenvalue weighted by Crippen LogP contribution is 2.20. The van der Waals surface area contributed by atoms with Crippen LogP contribution in [0.15, 0.2) is 0 Å². The monoisotopic (exact) mass is 254 g/mol. The van der Waals surface area contributed by atoms with Crippen LogP contribution in [0.2, 0.25) is 0 Å². The highest BCUT2D eigenvalue weighted by molar-refractivity contribution is 4.66. The first-order valence-corrected chi connectivity index (χ1v) is 6.20. The van der Waals surface area contributed by atoms with E-state index < -0.39 is 12.6 Å². The van der Waals surface area contributed by atoms with E-state index in [0.29, 0.717) is 5.92 Å². The van der Waals surface area contributed by atoms with Crippen LogP contribution in [0, 0.1) is 5.92 Å². The molecule has 1 atom stereocenters. The van der Waals surface area contributed by atoms with Gasteiger partial charge >= 0.3 is 6.18 Å². The Morgan fingerprint density at radius 2 is 1.76 bits per heavy atom. The number of rotatable bonds is 8. The van der Waals surface area contributed by atoms with Gasteiger partial charge in [0.15, 0.2) is 0 Å². The third-order valence-corrected chi connectivity index (χ3v) is 2.79. The average molecular weight is 254 g/mol. The zero-order valence-corrected chi connectivity index (χ0v) is 11.3. The molecule has 0 aliphatic heterocycles. The second-order valence-corrected chi connectivity index (χ2v) is 5.08. The Balaban J connectivity index is 3.64. The van der Waals surface area contributed by atoms with E-state index in [9.17, 15) is 13.2 Å². The van der Waals surface area contributed by atoms with Crippen LogP contribution in [0.4, 0.5) is 13.2 Å². The predicted molar refractivity (Wildman–Crippen MR) is 65.1 cm³/mol. The van der Waals surface area contributed by atoms with Crippen molar-refractivity contribution in [3.05, 3.63) is 0 Å². The lowest BCUT2D eigenvalue weighted by Gasteiger charge is -2.25. The minimum atomic E-state index is -4.05. The van der Waals surface area contributed by atoms with Gasteiger partial charge in [-0.05, 0) is 39.4 Å². The minimum absolute atomic E-state index is 0.0782. The van der Waals surface area contributed by atoms with Crippen molar-refractivity contribution < 1.29 is 13.2 Å². The van der Waals surface area contributed by atoms with Gasteiger partial charge < -0.3 is 10.2 Å². The predicted octanol–water partition coefficient (Wildman–Crippen LogP) is 2.89. The molecule has 0 aliphatic carbocycles. The van der Waals surface area contributed by atoms with Crippen molar-refractivity contribution in [1.29, 1.82) is 0 Å². The zero-order valence-electron chi connectivity index (χ0n) is 11.3. The van der Waals surface area contributed by atoms with Gasteiger partial charge in [0, 0.05) is 12.6 Å². The first kappa shape index (κ1) is 16.7. The summed E-state index contributed by atoms with van der Waals surface area (Å²) in [4.78, 5) is 1.77. The molecule has 104 valence electrons. The lowest BCUT2D eigenvalue weighted by molar-refractivity contribution is -0.138. The molecule has 0 aromatic carbocycles. The average Bonchev–Trinajstić information content (AvgIpc) is 2.19. The summed E-state index contributed by atoms with van der Waals surface area (Å²) in [5.74, 6) is 0.605. The Morgan fingerprint density at radius 3 is 2.24 bits per heavy atom. The summed E-state index contributed by atoms with van der Waals surface area (Å²) >= 11 is 0. The first-order valence-electron chi connectivity index (χ1n) is 6.20. The summed E-state index contributed by atoms with van der Waals surface area (Å²) in [5, 5.41) is 3.29. The standard InChI is InChI=1S/C12H25F3N2/c1-10(2)9-16-7-5-11(3)17(4)8-6-12(13,14)15/h10-11,16H,5-9H2,1-4H3. The van der Waals surface area contributed by atoms with E-state index in [4.69, 9.17) is 0 Å². The maximum Gasteiger partial charge on any atom is 0.390 e. The molecule has 0 radical (unpaired) electrons. The molecular weight excluding hydrogens is 229 g/mol. The van der Waals surface area contributed by atoms with Crippen LogP contribution in [0.1, 0.15) is 33.6 Å². The third kappa shape index (κ3) is 10.6. The van der Waals surface area contributed by atoms with Crippen molar-refractivity contribution in [1.82, 2.24) is 10.2 Å². The topological polar surface area (TPSA) is 15.3 Å². The summed E-state index contributed by atoms with van der Waals surface area (Å²) in [6.07, 6.45) is -3.90. The maximum atomic E-state index is 12.0. The summed E-state index contributed by atoms with van der Waals surface area (Å²) in [7, 11) is 1.75. The lowest BCUT2D eigenvalue weighted by Crippen LogP contribution is -2.35. The highest BCUT2D eigenvalue weighted by Gasteiger charge is 2.27. The molecule has 0 saturated carbocycles. The highest BCUT2D eigenvalue weighted by atomic mass is 19.4. The van der Waals surface area contributed by atoms with Crippen LogP contribution in [0.25, 0.3) is 0 Å². The molecule has 1 unspecified atom stereocenters. The third-order valence-electron chi connectivity index (χ3n) is 2.79. The fourth-order valence-electron chi connectivity index (χ4n) is 1.45. The Hall–Kier alpha value is -0.290. The van der Waals surface area contributed by atoms with E-state index in [1.165, 1.54) is 0 Å². The molecule has 0 aliphatic rings. The quantitative estimate of drug-likeness (QED) is 0.670. The number of hydrogen-bond donors (Lipinski definition) is 1. The number of alkyl halides is 3. The fourth-order valence-corrected chi connectivity index (χ4v) is 1.45. The number of halogens is 3. The van der Waals surface area contributed by atoms with Crippen LogP contribution in [0.3, 0.4) is 0 Å². The molecule has 2 nitrogen and oxygen atoms in total. The fraction of sp³-hybridized carbons (Fsp3) is 1.00. The summed E-state index contributed by atoms with van der Waals surface area (Å²) in [6.45, 7) is 8.12. The Bertz CT molecular complexity index is 193. The second kappa shape index (κ2) is 7.93. The summed E-state index contributed by atoms with van der Waals surface area (Å²) in [5.41, 5.74) is 0. The van der Waals surface area contributed by atoms with Gasteiger partial charge in [0.05, 0.1) is 6.42 Å². The number of nitrogens with zero attached hydrogens (tertiary/aromatic N) is 1. The molecule has 0 heterocycles. The van der Waals surface area contributed by atoms with Gasteiger partial charge in [0.1, 0.15) is 0 Å². The number of hydrogen-bond acceptors (Lipinski definition) is 2. The van der Waals surface area contributed by atoms with E-state index in [-0.39, 0.29) is 12.6 Å². The normalized spacial score (nSPS) is 14.6. The van der Waals surface area contributed by atoms with Gasteiger partial charge in [-0.1, -0.05) is 13.8 Å². The van der Waals surface area contributed by atoms with E-state index in [1.54, 1.807) is 11.9 Å². The van der Waals surface area contributed by atoms with E-state index in [0.717, 1.165) is 19.5 Å². The molecule has 17 heavy (non-hydrogen) atoms. The van der Waals surface area contributed by atoms with Crippen LogP contribution in [-0.4, -0.2) is 43.8 Å². The minimum Gasteiger partial charge on any atom is -0.316 e. The number of nitrogens with one attached hydrogen (secondary N) is 1. The van der Waals surface area contributed by atoms with Gasteiger partial charge in [0.2, 0.25) is 0 Å². The van der Waals surface area contributed by atoms with E-state index in [2.05, 4.69) is 19.2 Å². The zero-order chi connectivity index (χ0) is 13.5. The van der Waals surface area contributed by atoms with Crippen molar-refractivity contribution in [2.45, 2.75) is 45.8 Å². The van der Waals surface area contributed by atoms with Gasteiger partial charge in [-0.15, -0.1) is 0 Å². The molecule has 0 fully saturated rings. The van der Waals surface area contributed by atoms with Crippen molar-refractivity contribution in [3.8, 4) is 0 Å². The molecule has 0 saturated heterocycles. The summed E-state index contributed by atoms with van der Waals surface area (Å²) in [6, 6.07) is 0.178. The molecule has 5 heteroatoms. The van der Waals surface area contributed by atoms with Crippen LogP contribution in [0.5, 0.6) is 0 Å². The van der Waals surface area contributed by atoms with Gasteiger partial charge in [-0.25, -0.2) is 0 Å². The Morgan fingerprint density at radius 1 is 1.18 bits per heavy atom. The van der Waals surface area contributed by atoms with Crippen molar-refractivity contribution in [2.75, 3.05) is 26.7 Å². The van der Waals surface area contributed by atoms with Crippen LogP contribution >= 0.6 is 0 Å². The van der Waals surface area contributed by atoms with Gasteiger partial charge in [-0.3, -0.25) is 0 Å². The SMILES string of the molecule is CC(C)CNCCC(C)N(C)CCC(F)(F)F. The van der Waals surface area contributed by atoms with Crippen molar-refractivity contribution in [2.24, 2.45) is 5.92 Å². The van der Waals surface area contributed by atoms with Crippen molar-refractivity contribution >= 4 is 0 Å². The Labute approximate surface area is 103 Å². The molecule has 0 aromatic heterocycles. The molecule has 1 N–H and O–H groups in total. The molecule has 0 amide bonds. The largest absolute Gasteiger partial charge is 0.390 e. The van der Waals surface area contributed by atoms with Crippen molar-refractivity contribution in [3.63, 3.8) is 0 Å². The maximum absolute atomic E-state index is 12.0. The van der Waals surface area contributed by atoms with E-state index >= 15 is 0 Å². The second-order valence-electron chi connectivity index (χ2n) is 5.08. The molecule has 0 aromatic rings. The molecule has 0 bridgehead atoms. The molecule has 0 rings (SSSR count). The van der Waals surface area contributed by atoms with Crippen LogP contribution < -0.4 is 5.32 Å². The van der Waals surface area contributed by atoms with Crippen LogP contribution in [-0.2, 0) is 0 Å².